The molecule has 1 N–H and O–H groups in total. The average molecular weight is 331 g/mol. The van der Waals surface area contributed by atoms with E-state index in [-0.39, 0.29) is 18.4 Å². The van der Waals surface area contributed by atoms with Crippen molar-refractivity contribution in [3.8, 4) is 0 Å². The Morgan fingerprint density at radius 2 is 2.18 bits per heavy atom. The molecular weight excluding hydrogens is 308 g/mol. The predicted molar refractivity (Wildman–Crippen MR) is 84.4 cm³/mol. The third-order valence-electron chi connectivity index (χ3n) is 4.18. The molecule has 2 rings (SSSR count). The summed E-state index contributed by atoms with van der Waals surface area (Å²) < 4.78 is 26.3. The number of aromatic nitrogens is 2. The standard InChI is InChI=1S/C15H23F2N3OS/c1-4-22-13-7-5-6-12(13)18-14(21)8-11-9(2)19-20(10(11)3)15(16)17/h12-13,15H,4-8H2,1-3H3,(H,18,21). The zero-order valence-corrected chi connectivity index (χ0v) is 14.1. The summed E-state index contributed by atoms with van der Waals surface area (Å²) in [5, 5.41) is 7.36. The van der Waals surface area contributed by atoms with E-state index in [4.69, 9.17) is 0 Å². The first kappa shape index (κ1) is 17.2. The summed E-state index contributed by atoms with van der Waals surface area (Å²) in [4.78, 5) is 12.3. The summed E-state index contributed by atoms with van der Waals surface area (Å²) in [5.41, 5.74) is 1.47. The second-order valence-electron chi connectivity index (χ2n) is 5.65. The molecule has 0 aromatic carbocycles. The maximum Gasteiger partial charge on any atom is 0.333 e. The maximum absolute atomic E-state index is 12.8. The van der Waals surface area contributed by atoms with Gasteiger partial charge in [0.05, 0.1) is 12.1 Å². The lowest BCUT2D eigenvalue weighted by atomic mass is 10.1. The monoisotopic (exact) mass is 331 g/mol. The fraction of sp³-hybridized carbons (Fsp3) is 0.733. The number of hydrogen-bond acceptors (Lipinski definition) is 3. The highest BCUT2D eigenvalue weighted by Gasteiger charge is 2.29. The minimum Gasteiger partial charge on any atom is -0.352 e. The van der Waals surface area contributed by atoms with Crippen molar-refractivity contribution in [1.29, 1.82) is 0 Å². The molecular formula is C15H23F2N3OS. The van der Waals surface area contributed by atoms with E-state index in [9.17, 15) is 13.6 Å². The van der Waals surface area contributed by atoms with Crippen LogP contribution >= 0.6 is 11.8 Å². The largest absolute Gasteiger partial charge is 0.352 e. The molecule has 2 unspecified atom stereocenters. The molecule has 1 saturated carbocycles. The first-order valence-corrected chi connectivity index (χ1v) is 8.72. The number of rotatable bonds is 6. The van der Waals surface area contributed by atoms with Gasteiger partial charge in [0.1, 0.15) is 0 Å². The van der Waals surface area contributed by atoms with Crippen LogP contribution in [0.2, 0.25) is 0 Å². The van der Waals surface area contributed by atoms with E-state index in [2.05, 4.69) is 17.3 Å². The van der Waals surface area contributed by atoms with Crippen LogP contribution in [0.15, 0.2) is 0 Å². The van der Waals surface area contributed by atoms with Gasteiger partial charge in [0, 0.05) is 22.5 Å². The minimum absolute atomic E-state index is 0.103. The Balaban J connectivity index is 2.00. The zero-order chi connectivity index (χ0) is 16.3. The predicted octanol–water partition coefficient (Wildman–Crippen LogP) is 3.23. The van der Waals surface area contributed by atoms with Crippen LogP contribution in [0.1, 0.15) is 49.7 Å². The number of alkyl halides is 2. The van der Waals surface area contributed by atoms with Crippen LogP contribution in [0.5, 0.6) is 0 Å². The fourth-order valence-corrected chi connectivity index (χ4v) is 4.26. The Bertz CT molecular complexity index is 533. The molecule has 1 aromatic heterocycles. The molecule has 4 nitrogen and oxygen atoms in total. The second-order valence-corrected chi connectivity index (χ2v) is 7.16. The van der Waals surface area contributed by atoms with Gasteiger partial charge in [0.15, 0.2) is 0 Å². The van der Waals surface area contributed by atoms with E-state index in [0.29, 0.717) is 26.9 Å². The van der Waals surface area contributed by atoms with E-state index >= 15 is 0 Å². The molecule has 124 valence electrons. The van der Waals surface area contributed by atoms with Gasteiger partial charge < -0.3 is 5.32 Å². The minimum atomic E-state index is -2.67. The van der Waals surface area contributed by atoms with Gasteiger partial charge in [-0.25, -0.2) is 4.68 Å². The summed E-state index contributed by atoms with van der Waals surface area (Å²) in [7, 11) is 0. The molecule has 1 aliphatic rings. The molecule has 0 saturated heterocycles. The van der Waals surface area contributed by atoms with E-state index in [1.165, 1.54) is 0 Å². The van der Waals surface area contributed by atoms with Gasteiger partial charge in [-0.15, -0.1) is 0 Å². The van der Waals surface area contributed by atoms with E-state index < -0.39 is 6.55 Å². The van der Waals surface area contributed by atoms with Crippen molar-refractivity contribution < 1.29 is 13.6 Å². The first-order chi connectivity index (χ1) is 10.4. The molecule has 1 amide bonds. The third kappa shape index (κ3) is 3.80. The Kier molecular flexibility index (Phi) is 5.83. The van der Waals surface area contributed by atoms with Gasteiger partial charge in [-0.05, 0) is 32.4 Å². The van der Waals surface area contributed by atoms with Crippen molar-refractivity contribution in [3.63, 3.8) is 0 Å². The van der Waals surface area contributed by atoms with E-state index in [1.807, 2.05) is 11.8 Å². The Labute approximate surface area is 134 Å². The van der Waals surface area contributed by atoms with Gasteiger partial charge in [-0.1, -0.05) is 13.3 Å². The summed E-state index contributed by atoms with van der Waals surface area (Å²) in [6, 6.07) is 0.197. The number of hydrogen-bond donors (Lipinski definition) is 1. The molecule has 2 atom stereocenters. The van der Waals surface area contributed by atoms with Crippen LogP contribution < -0.4 is 5.32 Å². The van der Waals surface area contributed by atoms with Gasteiger partial charge >= 0.3 is 6.55 Å². The van der Waals surface area contributed by atoms with Crippen molar-refractivity contribution in [2.45, 2.75) is 64.3 Å². The van der Waals surface area contributed by atoms with Gasteiger partial charge in [0.25, 0.3) is 0 Å². The van der Waals surface area contributed by atoms with Gasteiger partial charge in [-0.2, -0.15) is 25.6 Å². The normalized spacial score (nSPS) is 21.5. The zero-order valence-electron chi connectivity index (χ0n) is 13.2. The number of nitrogens with zero attached hydrogens (tertiary/aromatic N) is 2. The van der Waals surface area contributed by atoms with Crippen LogP contribution in [0.25, 0.3) is 0 Å². The molecule has 1 heterocycles. The summed E-state index contributed by atoms with van der Waals surface area (Å²) in [5.74, 6) is 0.935. The van der Waals surface area contributed by atoms with Gasteiger partial charge in [0.2, 0.25) is 5.91 Å². The molecule has 1 fully saturated rings. The highest BCUT2D eigenvalue weighted by atomic mass is 32.2. The molecule has 1 aliphatic carbocycles. The lowest BCUT2D eigenvalue weighted by Gasteiger charge is -2.20. The van der Waals surface area contributed by atoms with Crippen LogP contribution in [-0.4, -0.2) is 32.7 Å². The molecule has 1 aromatic rings. The van der Waals surface area contributed by atoms with Crippen molar-refractivity contribution in [2.24, 2.45) is 0 Å². The number of nitrogens with one attached hydrogen (secondary N) is 1. The Morgan fingerprint density at radius 1 is 1.45 bits per heavy atom. The molecule has 0 aliphatic heterocycles. The molecule has 0 radical (unpaired) electrons. The van der Waals surface area contributed by atoms with Crippen LogP contribution in [0, 0.1) is 13.8 Å². The Hall–Kier alpha value is -1.11. The lowest BCUT2D eigenvalue weighted by Crippen LogP contribution is -2.39. The van der Waals surface area contributed by atoms with Crippen molar-refractivity contribution in [2.75, 3.05) is 5.75 Å². The van der Waals surface area contributed by atoms with E-state index in [0.717, 1.165) is 25.0 Å². The summed E-state index contributed by atoms with van der Waals surface area (Å²) in [6.07, 6.45) is 3.37. The fourth-order valence-electron chi connectivity index (χ4n) is 3.07. The number of carbonyl (C=O) groups is 1. The number of amides is 1. The van der Waals surface area contributed by atoms with Crippen LogP contribution in [0.4, 0.5) is 8.78 Å². The number of thioether (sulfide) groups is 1. The Morgan fingerprint density at radius 3 is 2.77 bits per heavy atom. The average Bonchev–Trinajstić information content (AvgIpc) is 2.99. The lowest BCUT2D eigenvalue weighted by molar-refractivity contribution is -0.121. The quantitative estimate of drug-likeness (QED) is 0.870. The van der Waals surface area contributed by atoms with E-state index in [1.54, 1.807) is 13.8 Å². The smallest absolute Gasteiger partial charge is 0.333 e. The third-order valence-corrected chi connectivity index (χ3v) is 5.50. The summed E-state index contributed by atoms with van der Waals surface area (Å²) >= 11 is 1.88. The highest BCUT2D eigenvalue weighted by Crippen LogP contribution is 2.30. The number of carbonyl (C=O) groups excluding carboxylic acids is 1. The molecule has 0 bridgehead atoms. The first-order valence-electron chi connectivity index (χ1n) is 7.67. The topological polar surface area (TPSA) is 46.9 Å². The number of halogens is 2. The summed E-state index contributed by atoms with van der Waals surface area (Å²) in [6.45, 7) is 2.70. The maximum atomic E-state index is 12.8. The number of aryl methyl sites for hydroxylation is 1. The van der Waals surface area contributed by atoms with Gasteiger partial charge in [-0.3, -0.25) is 4.79 Å². The molecule has 7 heteroatoms. The van der Waals surface area contributed by atoms with Crippen LogP contribution in [0.3, 0.4) is 0 Å². The second kappa shape index (κ2) is 7.44. The molecule has 0 spiro atoms. The van der Waals surface area contributed by atoms with Crippen molar-refractivity contribution in [3.05, 3.63) is 17.0 Å². The highest BCUT2D eigenvalue weighted by molar-refractivity contribution is 7.99. The molecule has 22 heavy (non-hydrogen) atoms. The SMILES string of the molecule is CCSC1CCCC1NC(=O)Cc1c(C)nn(C(F)F)c1C. The van der Waals surface area contributed by atoms with Crippen LogP contribution in [-0.2, 0) is 11.2 Å². The van der Waals surface area contributed by atoms with Crippen molar-refractivity contribution >= 4 is 17.7 Å². The van der Waals surface area contributed by atoms with Crippen molar-refractivity contribution in [1.82, 2.24) is 15.1 Å².